The summed E-state index contributed by atoms with van der Waals surface area (Å²) in [6.45, 7) is 0. The molecule has 0 fully saturated rings. The Balaban J connectivity index is 2.75. The normalized spacial score (nSPS) is 12.4. The molecule has 0 saturated carbocycles. The van der Waals surface area contributed by atoms with Gasteiger partial charge in [0.25, 0.3) is 0 Å². The minimum Gasteiger partial charge on any atom is -0.291 e. The van der Waals surface area contributed by atoms with E-state index >= 15 is 0 Å². The van der Waals surface area contributed by atoms with Crippen LogP contribution in [0.1, 0.15) is 20.7 Å². The van der Waals surface area contributed by atoms with E-state index in [1.165, 1.54) is 0 Å². The van der Waals surface area contributed by atoms with Gasteiger partial charge >= 0.3 is 0 Å². The Bertz CT molecular complexity index is 778. The second-order valence-electron chi connectivity index (χ2n) is 6.25. The summed E-state index contributed by atoms with van der Waals surface area (Å²) in [4.78, 5) is 27.0. The molecule has 0 radical (unpaired) electrons. The summed E-state index contributed by atoms with van der Waals surface area (Å²) in [5.74, 6) is -0.946. The average Bonchev–Trinajstić information content (AvgIpc) is 2.66. The SMILES string of the molecule is CN(C)P(=S)(N(C)C)C(Cl)(C(=O)c1ccccc1)C(=O)c1ccccc1. The third-order valence-electron chi connectivity index (χ3n) is 4.16. The van der Waals surface area contributed by atoms with E-state index in [1.807, 2.05) is 0 Å². The first kappa shape index (κ1) is 20.9. The van der Waals surface area contributed by atoms with Crippen molar-refractivity contribution in [3.63, 3.8) is 0 Å². The van der Waals surface area contributed by atoms with Gasteiger partial charge in [-0.3, -0.25) is 18.9 Å². The molecule has 0 aromatic heterocycles. The standard InChI is InChI=1S/C19H22ClN2O2PS/c1-21(2)25(26,22(3)4)19(20,17(23)15-11-7-5-8-12-15)18(24)16-13-9-6-10-14-16/h5-14H,1-4H3. The van der Waals surface area contributed by atoms with Crippen molar-refractivity contribution in [3.8, 4) is 0 Å². The smallest absolute Gasteiger partial charge is 0.223 e. The summed E-state index contributed by atoms with van der Waals surface area (Å²) >= 11 is 12.9. The van der Waals surface area contributed by atoms with Gasteiger partial charge < -0.3 is 0 Å². The molecule has 2 aromatic rings. The summed E-state index contributed by atoms with van der Waals surface area (Å²) in [6.07, 6.45) is -2.96. The average molecular weight is 409 g/mol. The van der Waals surface area contributed by atoms with E-state index in [2.05, 4.69) is 0 Å². The summed E-state index contributed by atoms with van der Waals surface area (Å²) in [5, 5.41) is 0. The maximum Gasteiger partial charge on any atom is 0.223 e. The third-order valence-corrected chi connectivity index (χ3v) is 11.7. The largest absolute Gasteiger partial charge is 0.291 e. The van der Waals surface area contributed by atoms with Crippen LogP contribution in [-0.4, -0.2) is 53.7 Å². The van der Waals surface area contributed by atoms with Crippen molar-refractivity contribution in [1.82, 2.24) is 9.34 Å². The molecule has 0 bridgehead atoms. The quantitative estimate of drug-likeness (QED) is 0.298. The number of hydrogen-bond donors (Lipinski definition) is 0. The monoisotopic (exact) mass is 408 g/mol. The second kappa shape index (κ2) is 8.12. The Morgan fingerprint density at radius 1 is 0.808 bits per heavy atom. The number of Topliss-reactive ketones (excluding diaryl/α,β-unsaturated/α-hetero) is 2. The Morgan fingerprint density at radius 3 is 1.38 bits per heavy atom. The number of halogens is 1. The van der Waals surface area contributed by atoms with Crippen LogP contribution < -0.4 is 0 Å². The van der Waals surface area contributed by atoms with Gasteiger partial charge in [-0.15, -0.1) is 0 Å². The van der Waals surface area contributed by atoms with Crippen LogP contribution in [0, 0.1) is 0 Å². The molecular formula is C19H22ClN2O2PS. The molecular weight excluding hydrogens is 387 g/mol. The van der Waals surface area contributed by atoms with Gasteiger partial charge in [-0.1, -0.05) is 84.1 Å². The highest BCUT2D eigenvalue weighted by molar-refractivity contribution is 8.14. The molecule has 0 atom stereocenters. The van der Waals surface area contributed by atoms with Crippen molar-refractivity contribution in [1.29, 1.82) is 0 Å². The molecule has 2 rings (SSSR count). The third kappa shape index (κ3) is 3.42. The fourth-order valence-corrected chi connectivity index (χ4v) is 7.07. The maximum atomic E-state index is 13.5. The van der Waals surface area contributed by atoms with Crippen molar-refractivity contribution in [2.24, 2.45) is 0 Å². The molecule has 0 aliphatic rings. The minimum absolute atomic E-state index is 0.365. The van der Waals surface area contributed by atoms with E-state index in [1.54, 1.807) is 98.2 Å². The summed E-state index contributed by atoms with van der Waals surface area (Å²) < 4.78 is 1.56. The number of hydrogen-bond acceptors (Lipinski definition) is 3. The number of carbonyl (C=O) groups excluding carboxylic acids is 2. The Kier molecular flexibility index (Phi) is 6.54. The van der Waals surface area contributed by atoms with Gasteiger partial charge in [-0.25, -0.2) is 0 Å². The molecule has 2 aromatic carbocycles. The number of ketones is 2. The van der Waals surface area contributed by atoms with Gasteiger partial charge in [0.1, 0.15) is 6.34 Å². The fraction of sp³-hybridized carbons (Fsp3) is 0.263. The number of carbonyl (C=O) groups is 2. The molecule has 0 spiro atoms. The van der Waals surface area contributed by atoms with Crippen LogP contribution in [0.2, 0.25) is 0 Å². The molecule has 0 amide bonds. The number of benzene rings is 2. The van der Waals surface area contributed by atoms with Crippen LogP contribution in [-0.2, 0) is 11.8 Å². The topological polar surface area (TPSA) is 40.6 Å². The lowest BCUT2D eigenvalue weighted by molar-refractivity contribution is 0.0874. The molecule has 7 heteroatoms. The zero-order valence-corrected chi connectivity index (χ0v) is 17.7. The van der Waals surface area contributed by atoms with Gasteiger partial charge in [-0.05, 0) is 28.2 Å². The minimum atomic E-state index is -2.96. The highest BCUT2D eigenvalue weighted by Crippen LogP contribution is 2.65. The molecule has 0 saturated heterocycles. The van der Waals surface area contributed by atoms with Crippen molar-refractivity contribution >= 4 is 41.3 Å². The molecule has 0 aliphatic heterocycles. The lowest BCUT2D eigenvalue weighted by Crippen LogP contribution is -2.48. The van der Waals surface area contributed by atoms with Crippen LogP contribution in [0.3, 0.4) is 0 Å². The Morgan fingerprint density at radius 2 is 1.12 bits per heavy atom. The lowest BCUT2D eigenvalue weighted by atomic mass is 10.0. The summed E-state index contributed by atoms with van der Waals surface area (Å²) in [5.41, 5.74) is 0.731. The van der Waals surface area contributed by atoms with E-state index < -0.39 is 22.5 Å². The summed E-state index contributed by atoms with van der Waals surface area (Å²) in [7, 11) is 7.03. The zero-order valence-electron chi connectivity index (χ0n) is 15.2. The van der Waals surface area contributed by atoms with E-state index in [9.17, 15) is 9.59 Å². The number of rotatable bonds is 7. The summed E-state index contributed by atoms with van der Waals surface area (Å²) in [6, 6.07) is 17.2. The number of alkyl halides is 1. The van der Waals surface area contributed by atoms with Crippen molar-refractivity contribution < 1.29 is 9.59 Å². The van der Waals surface area contributed by atoms with E-state index in [0.717, 1.165) is 0 Å². The molecule has 0 unspecified atom stereocenters. The van der Waals surface area contributed by atoms with Crippen molar-refractivity contribution in [2.75, 3.05) is 28.2 Å². The van der Waals surface area contributed by atoms with Crippen molar-refractivity contribution in [3.05, 3.63) is 71.8 Å². The molecule has 0 N–H and O–H groups in total. The van der Waals surface area contributed by atoms with Gasteiger partial charge in [0.15, 0.2) is 11.6 Å². The van der Waals surface area contributed by atoms with E-state index in [-0.39, 0.29) is 0 Å². The van der Waals surface area contributed by atoms with Crippen molar-refractivity contribution in [2.45, 2.75) is 4.62 Å². The predicted molar refractivity (Wildman–Crippen MR) is 112 cm³/mol. The van der Waals surface area contributed by atoms with E-state index in [4.69, 9.17) is 23.4 Å². The highest BCUT2D eigenvalue weighted by Gasteiger charge is 2.57. The van der Waals surface area contributed by atoms with Gasteiger partial charge in [0, 0.05) is 11.1 Å². The maximum absolute atomic E-state index is 13.5. The molecule has 26 heavy (non-hydrogen) atoms. The van der Waals surface area contributed by atoms with Crippen LogP contribution in [0.25, 0.3) is 0 Å². The Hall–Kier alpha value is -1.36. The highest BCUT2D eigenvalue weighted by atomic mass is 35.5. The number of nitrogens with zero attached hydrogens (tertiary/aromatic N) is 2. The first-order valence-electron chi connectivity index (χ1n) is 8.01. The predicted octanol–water partition coefficient (Wildman–Crippen LogP) is 4.12. The second-order valence-corrected chi connectivity index (χ2v) is 12.0. The van der Waals surface area contributed by atoms with Crippen LogP contribution in [0.15, 0.2) is 60.7 Å². The van der Waals surface area contributed by atoms with Crippen LogP contribution >= 0.6 is 17.9 Å². The first-order chi connectivity index (χ1) is 12.2. The molecule has 0 heterocycles. The fourth-order valence-electron chi connectivity index (χ4n) is 2.84. The van der Waals surface area contributed by atoms with Gasteiger partial charge in [-0.2, -0.15) is 0 Å². The molecule has 4 nitrogen and oxygen atoms in total. The zero-order chi connectivity index (χ0) is 19.5. The lowest BCUT2D eigenvalue weighted by Gasteiger charge is -2.44. The van der Waals surface area contributed by atoms with E-state index in [0.29, 0.717) is 11.1 Å². The Labute approximate surface area is 164 Å². The molecule has 0 aliphatic carbocycles. The van der Waals surface area contributed by atoms with Gasteiger partial charge in [0.05, 0.1) is 0 Å². The first-order valence-corrected chi connectivity index (χ1v) is 11.1. The molecule has 138 valence electrons. The van der Waals surface area contributed by atoms with Gasteiger partial charge in [0.2, 0.25) is 4.62 Å². The van der Waals surface area contributed by atoms with Crippen LogP contribution in [0.4, 0.5) is 0 Å². The van der Waals surface area contributed by atoms with Crippen LogP contribution in [0.5, 0.6) is 0 Å².